The molecule has 0 spiro atoms. The number of hydrogen-bond donors (Lipinski definition) is 3. The second-order valence-corrected chi connectivity index (χ2v) is 29.1. The molecule has 1 amide bonds. The van der Waals surface area contributed by atoms with Crippen molar-refractivity contribution in [3.8, 4) is 17.0 Å². The number of hydrazine groups is 1. The largest absolute Gasteiger partial charge is 0.464 e. The van der Waals surface area contributed by atoms with Gasteiger partial charge in [-0.15, -0.1) is 0 Å². The van der Waals surface area contributed by atoms with E-state index in [2.05, 4.69) is 60.1 Å². The Kier molecular flexibility index (Phi) is 14.4. The summed E-state index contributed by atoms with van der Waals surface area (Å²) in [4.78, 5) is 17.8. The van der Waals surface area contributed by atoms with Crippen LogP contribution < -0.4 is 25.6 Å². The van der Waals surface area contributed by atoms with E-state index in [-0.39, 0.29) is 59.3 Å². The molecule has 308 valence electrons. The van der Waals surface area contributed by atoms with Crippen LogP contribution in [0.3, 0.4) is 0 Å². The summed E-state index contributed by atoms with van der Waals surface area (Å²) in [5.41, 5.74) is 2.37. The van der Waals surface area contributed by atoms with Gasteiger partial charge in [-0.3, -0.25) is 14.5 Å². The summed E-state index contributed by atoms with van der Waals surface area (Å²) in [7, 11) is -5.20. The molecule has 2 aromatic heterocycles. The second kappa shape index (κ2) is 18.0. The molecule has 4 N–H and O–H groups in total. The molecule has 0 fully saturated rings. The van der Waals surface area contributed by atoms with Crippen LogP contribution >= 0.6 is 0 Å². The van der Waals surface area contributed by atoms with Crippen molar-refractivity contribution in [2.75, 3.05) is 42.9 Å². The van der Waals surface area contributed by atoms with Crippen LogP contribution in [0.5, 0.6) is 5.75 Å². The number of ether oxygens (including phenoxy) is 3. The van der Waals surface area contributed by atoms with Crippen molar-refractivity contribution in [3.63, 3.8) is 0 Å². The molecule has 0 unspecified atom stereocenters. The van der Waals surface area contributed by atoms with Gasteiger partial charge in [0, 0.05) is 48.5 Å². The molecule has 13 nitrogen and oxygen atoms in total. The number of halogens is 4. The number of sulfonamides is 1. The number of benzene rings is 2. The van der Waals surface area contributed by atoms with Crippen LogP contribution in [-0.2, 0) is 39.2 Å². The first-order valence-corrected chi connectivity index (χ1v) is 27.1. The first-order chi connectivity index (χ1) is 26.0. The van der Waals surface area contributed by atoms with Gasteiger partial charge in [-0.05, 0) is 47.5 Å². The maximum absolute atomic E-state index is 15.7. The highest BCUT2D eigenvalue weighted by molar-refractivity contribution is 7.92. The topological polar surface area (TPSA) is 163 Å². The molecule has 2 aromatic carbocycles. The summed E-state index contributed by atoms with van der Waals surface area (Å²) in [6.45, 7) is 13.2. The van der Waals surface area contributed by atoms with Gasteiger partial charge in [-0.1, -0.05) is 57.5 Å². The lowest BCUT2D eigenvalue weighted by Gasteiger charge is -2.21. The van der Waals surface area contributed by atoms with Crippen LogP contribution in [0.1, 0.15) is 21.6 Å². The maximum Gasteiger partial charge on any atom is 0.393 e. The van der Waals surface area contributed by atoms with Crippen LogP contribution in [0.2, 0.25) is 51.4 Å². The Morgan fingerprint density at radius 3 is 2.23 bits per heavy atom. The fourth-order valence-corrected chi connectivity index (χ4v) is 7.54. The summed E-state index contributed by atoms with van der Waals surface area (Å²) in [6.07, 6.45) is -5.08. The van der Waals surface area contributed by atoms with Gasteiger partial charge in [-0.2, -0.15) is 18.3 Å². The van der Waals surface area contributed by atoms with E-state index in [1.807, 2.05) is 0 Å². The van der Waals surface area contributed by atoms with Crippen LogP contribution in [-0.4, -0.2) is 84.7 Å². The Labute approximate surface area is 326 Å². The predicted octanol–water partition coefficient (Wildman–Crippen LogP) is 6.96. The number of alkyl halides is 3. The van der Waals surface area contributed by atoms with E-state index in [0.717, 1.165) is 34.8 Å². The summed E-state index contributed by atoms with van der Waals surface area (Å²) in [5, 5.41) is 7.73. The van der Waals surface area contributed by atoms with Gasteiger partial charge < -0.3 is 19.5 Å². The normalized spacial score (nSPS) is 12.6. The highest BCUT2D eigenvalue weighted by Crippen LogP contribution is 2.37. The predicted molar refractivity (Wildman–Crippen MR) is 215 cm³/mol. The quantitative estimate of drug-likeness (QED) is 0.0171. The second-order valence-electron chi connectivity index (χ2n) is 15.8. The fraction of sp³-hybridized carbons (Fsp3) is 0.472. The molecule has 0 radical (unpaired) electrons. The number of carbonyl (C=O) groups excluding carboxylic acids is 1. The number of aromatic nitrogens is 3. The molecule has 0 atom stereocenters. The zero-order chi connectivity index (χ0) is 41.6. The molecule has 0 saturated carbocycles. The highest BCUT2D eigenvalue weighted by atomic mass is 32.2. The van der Waals surface area contributed by atoms with Crippen molar-refractivity contribution in [3.05, 3.63) is 65.1 Å². The Morgan fingerprint density at radius 2 is 1.62 bits per heavy atom. The third kappa shape index (κ3) is 12.5. The molecule has 0 saturated heterocycles. The number of hydrogen-bond acceptors (Lipinski definition) is 10. The molecule has 4 aromatic rings. The number of nitrogens with zero attached hydrogens (tertiary/aromatic N) is 4. The van der Waals surface area contributed by atoms with E-state index < -0.39 is 56.2 Å². The van der Waals surface area contributed by atoms with E-state index in [0.29, 0.717) is 24.5 Å². The fourth-order valence-electron chi connectivity index (χ4n) is 5.49. The van der Waals surface area contributed by atoms with Crippen molar-refractivity contribution < 1.29 is 45.0 Å². The smallest absolute Gasteiger partial charge is 0.393 e. The van der Waals surface area contributed by atoms with E-state index >= 15 is 4.39 Å². The Morgan fingerprint density at radius 1 is 0.982 bits per heavy atom. The molecule has 56 heavy (non-hydrogen) atoms. The van der Waals surface area contributed by atoms with Gasteiger partial charge in [0.1, 0.15) is 12.5 Å². The zero-order valence-electron chi connectivity index (χ0n) is 32.9. The van der Waals surface area contributed by atoms with Crippen molar-refractivity contribution in [2.24, 2.45) is 5.84 Å². The molecule has 4 rings (SSSR count). The molecule has 0 aliphatic carbocycles. The number of nitrogens with two attached hydrogens (primary N) is 1. The SMILES string of the molecule is CN(c1ccccc1CNc1nc(-c2cc(F)c(OCOCC[Si](C)(C)C)cc2CC(F)(F)F)cc2c1c(C(=O)NN)nn2COCC[Si](C)(C)C)S(C)(=O)=O. The van der Waals surface area contributed by atoms with Gasteiger partial charge in [-0.25, -0.2) is 28.3 Å². The van der Waals surface area contributed by atoms with E-state index in [4.69, 9.17) is 20.1 Å². The summed E-state index contributed by atoms with van der Waals surface area (Å²) in [6, 6.07) is 11.6. The number of carbonyl (C=O) groups is 1. The lowest BCUT2D eigenvalue weighted by molar-refractivity contribution is -0.127. The average Bonchev–Trinajstić information content (AvgIpc) is 3.46. The van der Waals surface area contributed by atoms with Crippen LogP contribution in [0.15, 0.2) is 42.5 Å². The van der Waals surface area contributed by atoms with E-state index in [1.165, 1.54) is 17.8 Å². The Hall–Kier alpha value is -4.09. The molecule has 2 heterocycles. The summed E-state index contributed by atoms with van der Waals surface area (Å²) < 4.78 is 102. The minimum absolute atomic E-state index is 0.0178. The van der Waals surface area contributed by atoms with Crippen molar-refractivity contribution >= 4 is 54.5 Å². The molecule has 0 bridgehead atoms. The lowest BCUT2D eigenvalue weighted by atomic mass is 9.99. The number of nitrogens with one attached hydrogen (secondary N) is 2. The first kappa shape index (κ1) is 44.6. The van der Waals surface area contributed by atoms with Gasteiger partial charge >= 0.3 is 6.18 Å². The standard InChI is InChI=1S/C36H51F4N7O6SSi2/c1-46(54(2,49)50)29-12-10-9-11-24(29)21-42-34-32-30(47(45-33(32)35(48)44-41)22-51-13-15-55(3,4)5)19-28(43-34)26-18-27(37)31(17-25(26)20-36(38,39)40)53-23-52-14-16-56(6,7)8/h9-12,17-19H,13-16,20-23,41H2,1-8H3,(H,42,43)(H,44,48). The Balaban J connectivity index is 1.89. The highest BCUT2D eigenvalue weighted by Gasteiger charge is 2.31. The summed E-state index contributed by atoms with van der Waals surface area (Å²) in [5.74, 6) is 3.37. The molecule has 0 aliphatic heterocycles. The van der Waals surface area contributed by atoms with Crippen molar-refractivity contribution in [1.29, 1.82) is 0 Å². The zero-order valence-corrected chi connectivity index (χ0v) is 35.8. The molecular weight excluding hydrogens is 791 g/mol. The number of nitrogen functional groups attached to an aromatic ring is 1. The minimum atomic E-state index is -4.70. The third-order valence-corrected chi connectivity index (χ3v) is 13.3. The number of anilines is 2. The molecular formula is C36H51F4N7O6SSi2. The minimum Gasteiger partial charge on any atom is -0.464 e. The molecule has 20 heteroatoms. The maximum atomic E-state index is 15.7. The van der Waals surface area contributed by atoms with Crippen molar-refractivity contribution in [2.45, 2.75) is 77.2 Å². The van der Waals surface area contributed by atoms with E-state index in [1.54, 1.807) is 24.3 Å². The van der Waals surface area contributed by atoms with Gasteiger partial charge in [0.2, 0.25) is 10.0 Å². The summed E-state index contributed by atoms with van der Waals surface area (Å²) >= 11 is 0. The van der Waals surface area contributed by atoms with Gasteiger partial charge in [0.15, 0.2) is 24.1 Å². The number of para-hydroxylation sites is 1. The number of pyridine rings is 1. The van der Waals surface area contributed by atoms with Crippen LogP contribution in [0, 0.1) is 5.82 Å². The number of amides is 1. The number of fused-ring (bicyclic) bond motifs is 1. The van der Waals surface area contributed by atoms with Gasteiger partial charge in [0.05, 0.1) is 35.0 Å². The lowest BCUT2D eigenvalue weighted by Crippen LogP contribution is -2.30. The monoisotopic (exact) mass is 841 g/mol. The van der Waals surface area contributed by atoms with Crippen LogP contribution in [0.4, 0.5) is 29.1 Å². The van der Waals surface area contributed by atoms with Crippen LogP contribution in [0.25, 0.3) is 22.2 Å². The first-order valence-electron chi connectivity index (χ1n) is 17.8. The van der Waals surface area contributed by atoms with Crippen molar-refractivity contribution in [1.82, 2.24) is 20.2 Å². The van der Waals surface area contributed by atoms with E-state index in [9.17, 15) is 26.4 Å². The van der Waals surface area contributed by atoms with Gasteiger partial charge in [0.25, 0.3) is 5.91 Å². The Bertz CT molecular complexity index is 2120. The molecule has 0 aliphatic rings. The number of rotatable bonds is 19. The average molecular weight is 842 g/mol. The third-order valence-electron chi connectivity index (χ3n) is 8.68.